The second-order valence-corrected chi connectivity index (χ2v) is 11.2. The van der Waals surface area contributed by atoms with Crippen molar-refractivity contribution in [2.45, 2.75) is 11.4 Å². The molecule has 11 heteroatoms. The molecule has 1 saturated heterocycles. The zero-order chi connectivity index (χ0) is 25.3. The maximum Gasteiger partial charge on any atom is 0.261 e. The number of anilines is 1. The third-order valence-electron chi connectivity index (χ3n) is 6.21. The Morgan fingerprint density at radius 3 is 2.56 bits per heavy atom. The number of piperazine rings is 1. The molecule has 0 aliphatic carbocycles. The number of ether oxygens (including phenoxy) is 2. The van der Waals surface area contributed by atoms with E-state index in [2.05, 4.69) is 4.72 Å². The van der Waals surface area contributed by atoms with Gasteiger partial charge < -0.3 is 19.3 Å². The molecule has 0 unspecified atom stereocenters. The summed E-state index contributed by atoms with van der Waals surface area (Å²) in [6.45, 7) is 3.79. The molecule has 0 aromatic heterocycles. The molecule has 3 aromatic rings. The lowest BCUT2D eigenvalue weighted by atomic mass is 10.1. The van der Waals surface area contributed by atoms with E-state index in [0.29, 0.717) is 23.7 Å². The number of amides is 1. The molecule has 0 atom stereocenters. The number of nitrogens with zero attached hydrogens (tertiary/aromatic N) is 1. The third kappa shape index (κ3) is 5.39. The monoisotopic (exact) mass is 548 g/mol. The number of carbonyl (C=O) groups is 1. The van der Waals surface area contributed by atoms with Crippen molar-refractivity contribution in [1.29, 1.82) is 0 Å². The highest BCUT2D eigenvalue weighted by atomic mass is 35.5. The fourth-order valence-corrected chi connectivity index (χ4v) is 5.81. The van der Waals surface area contributed by atoms with E-state index < -0.39 is 10.0 Å². The number of quaternary nitrogens is 1. The number of carbonyl (C=O) groups excluding carboxylic acids is 1. The Morgan fingerprint density at radius 1 is 0.972 bits per heavy atom. The summed E-state index contributed by atoms with van der Waals surface area (Å²) in [4.78, 5) is 16.2. The van der Waals surface area contributed by atoms with E-state index >= 15 is 0 Å². The second-order valence-electron chi connectivity index (χ2n) is 8.66. The quantitative estimate of drug-likeness (QED) is 0.494. The largest absolute Gasteiger partial charge is 0.454 e. The molecule has 5 rings (SSSR count). The van der Waals surface area contributed by atoms with Gasteiger partial charge >= 0.3 is 0 Å². The molecule has 2 N–H and O–H groups in total. The first-order valence-electron chi connectivity index (χ1n) is 11.4. The van der Waals surface area contributed by atoms with Gasteiger partial charge in [-0.2, -0.15) is 0 Å². The number of nitrogens with one attached hydrogen (secondary N) is 2. The molecular weight excluding hydrogens is 525 g/mol. The van der Waals surface area contributed by atoms with E-state index in [1.807, 2.05) is 18.2 Å². The maximum atomic E-state index is 13.2. The zero-order valence-corrected chi connectivity index (χ0v) is 21.5. The summed E-state index contributed by atoms with van der Waals surface area (Å²) < 4.78 is 39.2. The van der Waals surface area contributed by atoms with Gasteiger partial charge in [0.15, 0.2) is 11.5 Å². The van der Waals surface area contributed by atoms with Gasteiger partial charge in [0.05, 0.1) is 41.8 Å². The predicted octanol–water partition coefficient (Wildman–Crippen LogP) is 3.06. The predicted molar refractivity (Wildman–Crippen MR) is 137 cm³/mol. The van der Waals surface area contributed by atoms with Crippen molar-refractivity contribution < 1.29 is 27.6 Å². The molecule has 0 saturated carbocycles. The normalized spacial score (nSPS) is 15.7. The van der Waals surface area contributed by atoms with Gasteiger partial charge in [-0.25, -0.2) is 8.42 Å². The summed E-state index contributed by atoms with van der Waals surface area (Å²) in [7, 11) is -3.97. The molecule has 1 amide bonds. The number of halogens is 2. The highest BCUT2D eigenvalue weighted by Crippen LogP contribution is 2.32. The van der Waals surface area contributed by atoms with E-state index in [1.54, 1.807) is 23.1 Å². The maximum absolute atomic E-state index is 13.2. The van der Waals surface area contributed by atoms with Gasteiger partial charge in [0.1, 0.15) is 6.54 Å². The van der Waals surface area contributed by atoms with Crippen molar-refractivity contribution in [3.8, 4) is 11.5 Å². The van der Waals surface area contributed by atoms with Crippen molar-refractivity contribution >= 4 is 44.8 Å². The van der Waals surface area contributed by atoms with Crippen LogP contribution in [0.3, 0.4) is 0 Å². The van der Waals surface area contributed by atoms with Gasteiger partial charge in [0, 0.05) is 16.1 Å². The van der Waals surface area contributed by atoms with Crippen LogP contribution < -0.4 is 19.1 Å². The summed E-state index contributed by atoms with van der Waals surface area (Å²) in [6.07, 6.45) is 0. The van der Waals surface area contributed by atoms with Crippen LogP contribution in [0.25, 0.3) is 0 Å². The smallest absolute Gasteiger partial charge is 0.261 e. The first-order chi connectivity index (χ1) is 17.3. The first kappa shape index (κ1) is 24.7. The van der Waals surface area contributed by atoms with Crippen LogP contribution in [0, 0.1) is 0 Å². The van der Waals surface area contributed by atoms with Crippen molar-refractivity contribution in [3.63, 3.8) is 0 Å². The molecule has 2 heterocycles. The number of benzene rings is 3. The average molecular weight is 549 g/mol. The van der Waals surface area contributed by atoms with Gasteiger partial charge in [0.2, 0.25) is 6.79 Å². The average Bonchev–Trinajstić information content (AvgIpc) is 3.34. The third-order valence-corrected chi connectivity index (χ3v) is 8.14. The summed E-state index contributed by atoms with van der Waals surface area (Å²) in [5, 5.41) is 0.567. The SMILES string of the molecule is O=C(c1cccc(S(=O)(=O)Nc2cc(Cl)ccc2Cl)c1)N1CC[NH+](Cc2ccc3c(c2)OCO3)CC1. The molecular formula is C25H24Cl2N3O5S+. The summed E-state index contributed by atoms with van der Waals surface area (Å²) in [5.74, 6) is 1.33. The van der Waals surface area contributed by atoms with E-state index in [4.69, 9.17) is 32.7 Å². The lowest BCUT2D eigenvalue weighted by molar-refractivity contribution is -0.917. The van der Waals surface area contributed by atoms with Crippen molar-refractivity contribution in [3.05, 3.63) is 81.8 Å². The van der Waals surface area contributed by atoms with Crippen LogP contribution in [0.5, 0.6) is 11.5 Å². The lowest BCUT2D eigenvalue weighted by Crippen LogP contribution is -3.13. The van der Waals surface area contributed by atoms with Crippen LogP contribution in [0.4, 0.5) is 5.69 Å². The van der Waals surface area contributed by atoms with E-state index in [-0.39, 0.29) is 28.3 Å². The molecule has 188 valence electrons. The second kappa shape index (κ2) is 10.2. The Balaban J connectivity index is 1.22. The number of hydrogen-bond acceptors (Lipinski definition) is 5. The van der Waals surface area contributed by atoms with E-state index in [0.717, 1.165) is 36.7 Å². The number of sulfonamides is 1. The molecule has 0 spiro atoms. The Kier molecular flexibility index (Phi) is 6.98. The van der Waals surface area contributed by atoms with Crippen molar-refractivity contribution in [1.82, 2.24) is 4.90 Å². The Hall–Kier alpha value is -2.98. The molecule has 2 aliphatic rings. The molecule has 8 nitrogen and oxygen atoms in total. The number of hydrogen-bond donors (Lipinski definition) is 2. The van der Waals surface area contributed by atoms with Crippen LogP contribution in [0.15, 0.2) is 65.6 Å². The fourth-order valence-electron chi connectivity index (χ4n) is 4.30. The van der Waals surface area contributed by atoms with Crippen LogP contribution in [0.2, 0.25) is 10.0 Å². The Bertz CT molecular complexity index is 1410. The summed E-state index contributed by atoms with van der Waals surface area (Å²) in [6, 6.07) is 16.5. The molecule has 3 aromatic carbocycles. The minimum Gasteiger partial charge on any atom is -0.454 e. The Morgan fingerprint density at radius 2 is 1.75 bits per heavy atom. The zero-order valence-electron chi connectivity index (χ0n) is 19.2. The minimum atomic E-state index is -3.97. The van der Waals surface area contributed by atoms with Crippen molar-refractivity contribution in [2.75, 3.05) is 37.7 Å². The first-order valence-corrected chi connectivity index (χ1v) is 13.6. The van der Waals surface area contributed by atoms with Gasteiger partial charge in [-0.05, 0) is 54.6 Å². The van der Waals surface area contributed by atoms with E-state index in [9.17, 15) is 13.2 Å². The molecule has 2 aliphatic heterocycles. The summed E-state index contributed by atoms with van der Waals surface area (Å²) >= 11 is 12.1. The van der Waals surface area contributed by atoms with Crippen LogP contribution in [0.1, 0.15) is 15.9 Å². The molecule has 1 fully saturated rings. The number of rotatable bonds is 6. The van der Waals surface area contributed by atoms with Crippen molar-refractivity contribution in [2.24, 2.45) is 0 Å². The Labute approximate surface area is 219 Å². The molecule has 36 heavy (non-hydrogen) atoms. The standard InChI is InChI=1S/C25H23Cl2N3O5S/c26-19-5-6-21(27)22(14-19)28-36(32,33)20-3-1-2-18(13-20)25(31)30-10-8-29(9-11-30)15-17-4-7-23-24(12-17)35-16-34-23/h1-7,12-14,28H,8-11,15-16H2/p+1. The lowest BCUT2D eigenvalue weighted by Gasteiger charge is -2.32. The fraction of sp³-hybridized carbons (Fsp3) is 0.240. The number of fused-ring (bicyclic) bond motifs is 1. The molecule has 0 bridgehead atoms. The van der Waals surface area contributed by atoms with Crippen LogP contribution in [-0.2, 0) is 16.6 Å². The topological polar surface area (TPSA) is 89.4 Å². The minimum absolute atomic E-state index is 0.0311. The van der Waals surface area contributed by atoms with Crippen LogP contribution >= 0.6 is 23.2 Å². The van der Waals surface area contributed by atoms with E-state index in [1.165, 1.54) is 29.2 Å². The highest BCUT2D eigenvalue weighted by Gasteiger charge is 2.26. The summed E-state index contributed by atoms with van der Waals surface area (Å²) in [5.41, 5.74) is 1.64. The van der Waals surface area contributed by atoms with Gasteiger partial charge in [-0.3, -0.25) is 9.52 Å². The van der Waals surface area contributed by atoms with Crippen LogP contribution in [-0.4, -0.2) is 52.2 Å². The highest BCUT2D eigenvalue weighted by molar-refractivity contribution is 7.92. The van der Waals surface area contributed by atoms with Gasteiger partial charge in [-0.1, -0.05) is 29.3 Å². The van der Waals surface area contributed by atoms with Gasteiger partial charge in [-0.15, -0.1) is 0 Å². The van der Waals surface area contributed by atoms with Gasteiger partial charge in [0.25, 0.3) is 15.9 Å². The molecule has 0 radical (unpaired) electrons.